The molecule has 1 N–H and O–H groups in total. The van der Waals surface area contributed by atoms with Gasteiger partial charge in [0, 0.05) is 4.47 Å². The number of carbonyl (C=O) groups excluding carboxylic acids is 1. The number of methoxy groups -OCH3 is 1. The van der Waals surface area contributed by atoms with Crippen molar-refractivity contribution >= 4 is 27.9 Å². The zero-order valence-corrected chi connectivity index (χ0v) is 9.79. The number of carboxylic acids is 1. The van der Waals surface area contributed by atoms with Gasteiger partial charge in [0.05, 0.1) is 18.2 Å². The van der Waals surface area contributed by atoms with Crippen LogP contribution in [-0.4, -0.2) is 24.2 Å². The highest BCUT2D eigenvalue weighted by atomic mass is 79.9. The Labute approximate surface area is 95.0 Å². The first-order chi connectivity index (χ1) is 6.99. The molecule has 1 aromatic rings. The van der Waals surface area contributed by atoms with Gasteiger partial charge in [-0.2, -0.15) is 0 Å². The fraction of sp³-hybridized carbons (Fsp3) is 0.200. The summed E-state index contributed by atoms with van der Waals surface area (Å²) in [6, 6.07) is 3.04. The number of rotatable bonds is 2. The molecule has 5 heteroatoms. The molecule has 0 aliphatic heterocycles. The summed E-state index contributed by atoms with van der Waals surface area (Å²) in [5, 5.41) is 8.99. The number of carbonyl (C=O) groups is 2. The summed E-state index contributed by atoms with van der Waals surface area (Å²) in [6.07, 6.45) is 0. The molecule has 4 nitrogen and oxygen atoms in total. The normalized spacial score (nSPS) is 9.80. The molecule has 0 radical (unpaired) electrons. The Balaban J connectivity index is 3.46. The monoisotopic (exact) mass is 272 g/mol. The summed E-state index contributed by atoms with van der Waals surface area (Å²) < 4.78 is 5.15. The van der Waals surface area contributed by atoms with Gasteiger partial charge in [-0.3, -0.25) is 0 Å². The van der Waals surface area contributed by atoms with Crippen LogP contribution in [0.2, 0.25) is 0 Å². The van der Waals surface area contributed by atoms with Crippen LogP contribution in [0, 0.1) is 6.92 Å². The van der Waals surface area contributed by atoms with Gasteiger partial charge in [-0.15, -0.1) is 0 Å². The molecule has 0 fully saturated rings. The molecule has 0 saturated carbocycles. The van der Waals surface area contributed by atoms with Gasteiger partial charge in [-0.1, -0.05) is 15.9 Å². The second kappa shape index (κ2) is 4.44. The van der Waals surface area contributed by atoms with E-state index in [1.807, 2.05) is 0 Å². The van der Waals surface area contributed by atoms with E-state index in [9.17, 15) is 9.59 Å². The lowest BCUT2D eigenvalue weighted by molar-refractivity contribution is 0.0582. The van der Waals surface area contributed by atoms with Crippen LogP contribution in [0.15, 0.2) is 16.6 Å². The maximum Gasteiger partial charge on any atom is 0.338 e. The molecule has 0 aliphatic carbocycles. The van der Waals surface area contributed by atoms with Crippen LogP contribution in [-0.2, 0) is 4.74 Å². The van der Waals surface area contributed by atoms with E-state index >= 15 is 0 Å². The molecule has 0 spiro atoms. The molecule has 0 saturated heterocycles. The number of esters is 1. The van der Waals surface area contributed by atoms with Crippen molar-refractivity contribution in [3.63, 3.8) is 0 Å². The van der Waals surface area contributed by atoms with Crippen LogP contribution in [0.1, 0.15) is 26.3 Å². The fourth-order valence-corrected chi connectivity index (χ4v) is 1.57. The first kappa shape index (κ1) is 11.7. The molecule has 0 aliphatic rings. The highest BCUT2D eigenvalue weighted by Crippen LogP contribution is 2.23. The van der Waals surface area contributed by atoms with Gasteiger partial charge in [-0.25, -0.2) is 9.59 Å². The zero-order valence-electron chi connectivity index (χ0n) is 8.20. The summed E-state index contributed by atoms with van der Waals surface area (Å²) in [7, 11) is 1.21. The van der Waals surface area contributed by atoms with E-state index in [4.69, 9.17) is 5.11 Å². The molecule has 1 aromatic carbocycles. The van der Waals surface area contributed by atoms with Crippen molar-refractivity contribution in [2.24, 2.45) is 0 Å². The number of hydrogen-bond donors (Lipinski definition) is 1. The lowest BCUT2D eigenvalue weighted by atomic mass is 10.0. The number of halogens is 1. The minimum absolute atomic E-state index is 0.0313. The van der Waals surface area contributed by atoms with Crippen molar-refractivity contribution < 1.29 is 19.4 Å². The Morgan fingerprint density at radius 3 is 2.47 bits per heavy atom. The van der Waals surface area contributed by atoms with Crippen LogP contribution in [0.3, 0.4) is 0 Å². The Kier molecular flexibility index (Phi) is 3.47. The molecule has 1 rings (SSSR count). The van der Waals surface area contributed by atoms with Crippen molar-refractivity contribution in [2.45, 2.75) is 6.92 Å². The summed E-state index contributed by atoms with van der Waals surface area (Å²) in [6.45, 7) is 1.62. The fourth-order valence-electron chi connectivity index (χ4n) is 1.24. The predicted octanol–water partition coefficient (Wildman–Crippen LogP) is 2.24. The number of carboxylic acid groups (broad SMARTS) is 1. The van der Waals surface area contributed by atoms with Crippen molar-refractivity contribution in [3.05, 3.63) is 33.3 Å². The predicted molar refractivity (Wildman–Crippen MR) is 57.2 cm³/mol. The Bertz CT molecular complexity index is 426. The van der Waals surface area contributed by atoms with Gasteiger partial charge in [0.1, 0.15) is 0 Å². The number of benzene rings is 1. The first-order valence-electron chi connectivity index (χ1n) is 4.09. The third-order valence-corrected chi connectivity index (χ3v) is 2.88. The second-order valence-corrected chi connectivity index (χ2v) is 3.75. The summed E-state index contributed by atoms with van der Waals surface area (Å²) in [5.41, 5.74) is 0.535. The molecule has 0 heterocycles. The van der Waals surface area contributed by atoms with Gasteiger partial charge in [-0.05, 0) is 24.6 Å². The standard InChI is InChI=1S/C10H9BrO4/c1-5-7(11)4-3-6(10(14)15-2)8(5)9(12)13/h3-4H,1-2H3,(H,12,13). The van der Waals surface area contributed by atoms with E-state index in [-0.39, 0.29) is 11.1 Å². The third kappa shape index (κ3) is 2.18. The maximum absolute atomic E-state index is 11.3. The van der Waals surface area contributed by atoms with Crippen molar-refractivity contribution in [1.82, 2.24) is 0 Å². The molecule has 15 heavy (non-hydrogen) atoms. The summed E-state index contributed by atoms with van der Waals surface area (Å²) >= 11 is 3.20. The molecule has 0 aromatic heterocycles. The van der Waals surface area contributed by atoms with Gasteiger partial charge in [0.25, 0.3) is 0 Å². The van der Waals surface area contributed by atoms with E-state index in [0.29, 0.717) is 10.0 Å². The number of hydrogen-bond acceptors (Lipinski definition) is 3. The van der Waals surface area contributed by atoms with Crippen molar-refractivity contribution in [1.29, 1.82) is 0 Å². The molecule has 0 unspecified atom stereocenters. The molecule has 80 valence electrons. The van der Waals surface area contributed by atoms with E-state index in [1.165, 1.54) is 13.2 Å². The first-order valence-corrected chi connectivity index (χ1v) is 4.89. The maximum atomic E-state index is 11.3. The topological polar surface area (TPSA) is 63.6 Å². The van der Waals surface area contributed by atoms with E-state index in [2.05, 4.69) is 20.7 Å². The van der Waals surface area contributed by atoms with Gasteiger partial charge in [0.2, 0.25) is 0 Å². The third-order valence-electron chi connectivity index (χ3n) is 2.02. The Morgan fingerprint density at radius 2 is 2.00 bits per heavy atom. The Hall–Kier alpha value is -1.36. The Morgan fingerprint density at radius 1 is 1.40 bits per heavy atom. The minimum atomic E-state index is -1.14. The van der Waals surface area contributed by atoms with Crippen LogP contribution < -0.4 is 0 Å². The van der Waals surface area contributed by atoms with E-state index in [0.717, 1.165) is 0 Å². The smallest absolute Gasteiger partial charge is 0.338 e. The summed E-state index contributed by atoms with van der Waals surface area (Å²) in [4.78, 5) is 22.3. The highest BCUT2D eigenvalue weighted by molar-refractivity contribution is 9.10. The lowest BCUT2D eigenvalue weighted by Gasteiger charge is -2.08. The van der Waals surface area contributed by atoms with Crippen LogP contribution >= 0.6 is 15.9 Å². The molecule has 0 atom stereocenters. The SMILES string of the molecule is COC(=O)c1ccc(Br)c(C)c1C(=O)O. The second-order valence-electron chi connectivity index (χ2n) is 2.89. The summed E-state index contributed by atoms with van der Waals surface area (Å²) in [5.74, 6) is -1.79. The van der Waals surface area contributed by atoms with Gasteiger partial charge < -0.3 is 9.84 Å². The van der Waals surface area contributed by atoms with Crippen LogP contribution in [0.25, 0.3) is 0 Å². The van der Waals surface area contributed by atoms with Crippen molar-refractivity contribution in [3.8, 4) is 0 Å². The van der Waals surface area contributed by atoms with Crippen LogP contribution in [0.5, 0.6) is 0 Å². The molecular weight excluding hydrogens is 264 g/mol. The van der Waals surface area contributed by atoms with Gasteiger partial charge >= 0.3 is 11.9 Å². The van der Waals surface area contributed by atoms with Gasteiger partial charge in [0.15, 0.2) is 0 Å². The highest BCUT2D eigenvalue weighted by Gasteiger charge is 2.20. The van der Waals surface area contributed by atoms with E-state index in [1.54, 1.807) is 13.0 Å². The zero-order chi connectivity index (χ0) is 11.6. The average Bonchev–Trinajstić information content (AvgIpc) is 2.20. The number of ether oxygens (including phenoxy) is 1. The van der Waals surface area contributed by atoms with Crippen molar-refractivity contribution in [2.75, 3.05) is 7.11 Å². The van der Waals surface area contributed by atoms with E-state index < -0.39 is 11.9 Å². The van der Waals surface area contributed by atoms with Crippen LogP contribution in [0.4, 0.5) is 0 Å². The largest absolute Gasteiger partial charge is 0.478 e. The average molecular weight is 273 g/mol. The molecule has 0 amide bonds. The number of aromatic carboxylic acids is 1. The molecule has 0 bridgehead atoms. The molecular formula is C10H9BrO4. The lowest BCUT2D eigenvalue weighted by Crippen LogP contribution is -2.12. The minimum Gasteiger partial charge on any atom is -0.478 e. The quantitative estimate of drug-likeness (QED) is 0.839.